The minimum Gasteiger partial charge on any atom is -0.508 e. The number of thiazole rings is 1. The summed E-state index contributed by atoms with van der Waals surface area (Å²) in [5.74, 6) is 0.209. The SMILES string of the molecule is CCc1sc(C=O)nc1-c1cccc(O)c1. The number of benzene rings is 1. The Balaban J connectivity index is 2.54. The Bertz CT molecular complexity index is 519. The van der Waals surface area contributed by atoms with Gasteiger partial charge in [0.15, 0.2) is 11.3 Å². The van der Waals surface area contributed by atoms with Crippen LogP contribution in [-0.4, -0.2) is 16.4 Å². The van der Waals surface area contributed by atoms with Crippen LogP contribution >= 0.6 is 11.3 Å². The van der Waals surface area contributed by atoms with Gasteiger partial charge in [-0.05, 0) is 18.6 Å². The zero-order chi connectivity index (χ0) is 11.5. The maximum atomic E-state index is 10.7. The zero-order valence-electron chi connectivity index (χ0n) is 8.80. The Labute approximate surface area is 97.4 Å². The van der Waals surface area contributed by atoms with Gasteiger partial charge in [0, 0.05) is 10.4 Å². The summed E-state index contributed by atoms with van der Waals surface area (Å²) >= 11 is 1.40. The van der Waals surface area contributed by atoms with Crippen molar-refractivity contribution in [1.29, 1.82) is 0 Å². The van der Waals surface area contributed by atoms with Crippen molar-refractivity contribution in [3.05, 3.63) is 34.2 Å². The molecule has 0 aliphatic rings. The highest BCUT2D eigenvalue weighted by atomic mass is 32.1. The van der Waals surface area contributed by atoms with Gasteiger partial charge < -0.3 is 5.11 Å². The van der Waals surface area contributed by atoms with Gasteiger partial charge in [-0.25, -0.2) is 4.98 Å². The first kappa shape index (κ1) is 10.8. The predicted molar refractivity (Wildman–Crippen MR) is 64.0 cm³/mol. The largest absolute Gasteiger partial charge is 0.508 e. The van der Waals surface area contributed by atoms with Crippen LogP contribution < -0.4 is 0 Å². The van der Waals surface area contributed by atoms with Gasteiger partial charge in [-0.2, -0.15) is 0 Å². The van der Waals surface area contributed by atoms with E-state index >= 15 is 0 Å². The molecule has 0 saturated carbocycles. The molecule has 0 spiro atoms. The van der Waals surface area contributed by atoms with Gasteiger partial charge in [0.2, 0.25) is 0 Å². The van der Waals surface area contributed by atoms with Crippen LogP contribution in [0.4, 0.5) is 0 Å². The molecule has 2 rings (SSSR count). The van der Waals surface area contributed by atoms with Gasteiger partial charge in [-0.3, -0.25) is 4.79 Å². The second-order valence-electron chi connectivity index (χ2n) is 3.35. The lowest BCUT2D eigenvalue weighted by molar-refractivity contribution is 0.112. The Kier molecular flexibility index (Phi) is 3.01. The van der Waals surface area contributed by atoms with Crippen molar-refractivity contribution < 1.29 is 9.90 Å². The van der Waals surface area contributed by atoms with Crippen molar-refractivity contribution in [2.75, 3.05) is 0 Å². The van der Waals surface area contributed by atoms with E-state index < -0.39 is 0 Å². The molecule has 0 atom stereocenters. The second kappa shape index (κ2) is 4.45. The summed E-state index contributed by atoms with van der Waals surface area (Å²) in [6.45, 7) is 2.02. The molecule has 0 bridgehead atoms. The second-order valence-corrected chi connectivity index (χ2v) is 4.46. The third-order valence-electron chi connectivity index (χ3n) is 2.26. The molecular formula is C12H11NO2S. The highest BCUT2D eigenvalue weighted by Gasteiger charge is 2.11. The van der Waals surface area contributed by atoms with Crippen molar-refractivity contribution in [2.24, 2.45) is 0 Å². The van der Waals surface area contributed by atoms with E-state index in [0.29, 0.717) is 5.01 Å². The summed E-state index contributed by atoms with van der Waals surface area (Å²) in [5.41, 5.74) is 1.65. The number of carbonyl (C=O) groups is 1. The summed E-state index contributed by atoms with van der Waals surface area (Å²) in [4.78, 5) is 16.0. The van der Waals surface area contributed by atoms with Gasteiger partial charge in [0.1, 0.15) is 5.75 Å². The smallest absolute Gasteiger partial charge is 0.178 e. The van der Waals surface area contributed by atoms with Crippen LogP contribution in [0.15, 0.2) is 24.3 Å². The predicted octanol–water partition coefficient (Wildman–Crippen LogP) is 2.89. The Hall–Kier alpha value is -1.68. The Morgan fingerprint density at radius 1 is 1.50 bits per heavy atom. The van der Waals surface area contributed by atoms with Gasteiger partial charge in [-0.1, -0.05) is 19.1 Å². The molecule has 16 heavy (non-hydrogen) atoms. The quantitative estimate of drug-likeness (QED) is 0.829. The topological polar surface area (TPSA) is 50.2 Å². The molecule has 0 unspecified atom stereocenters. The highest BCUT2D eigenvalue weighted by Crippen LogP contribution is 2.29. The molecule has 0 aliphatic carbocycles. The minimum atomic E-state index is 0.209. The lowest BCUT2D eigenvalue weighted by Crippen LogP contribution is -1.84. The van der Waals surface area contributed by atoms with E-state index in [4.69, 9.17) is 0 Å². The van der Waals surface area contributed by atoms with Gasteiger partial charge in [-0.15, -0.1) is 11.3 Å². The molecule has 0 aliphatic heterocycles. The van der Waals surface area contributed by atoms with Gasteiger partial charge >= 0.3 is 0 Å². The van der Waals surface area contributed by atoms with Crippen LogP contribution in [0.25, 0.3) is 11.3 Å². The monoisotopic (exact) mass is 233 g/mol. The molecular weight excluding hydrogens is 222 g/mol. The van der Waals surface area contributed by atoms with E-state index in [1.807, 2.05) is 13.0 Å². The number of hydrogen-bond acceptors (Lipinski definition) is 4. The third-order valence-corrected chi connectivity index (χ3v) is 3.38. The first-order chi connectivity index (χ1) is 7.74. The van der Waals surface area contributed by atoms with Crippen LogP contribution in [0.1, 0.15) is 21.6 Å². The van der Waals surface area contributed by atoms with Crippen LogP contribution in [0, 0.1) is 0 Å². The number of rotatable bonds is 3. The minimum absolute atomic E-state index is 0.209. The van der Waals surface area contributed by atoms with Crippen molar-refractivity contribution in [1.82, 2.24) is 4.98 Å². The fourth-order valence-corrected chi connectivity index (χ4v) is 2.38. The molecule has 2 aromatic rings. The standard InChI is InChI=1S/C12H11NO2S/c1-2-10-12(13-11(7-14)16-10)8-4-3-5-9(15)6-8/h3-7,15H,2H2,1H3. The molecule has 0 saturated heterocycles. The fourth-order valence-electron chi connectivity index (χ4n) is 1.54. The van der Waals surface area contributed by atoms with Crippen LogP contribution in [0.5, 0.6) is 5.75 Å². The summed E-state index contributed by atoms with van der Waals surface area (Å²) in [6.07, 6.45) is 1.59. The molecule has 0 amide bonds. The summed E-state index contributed by atoms with van der Waals surface area (Å²) in [6, 6.07) is 6.91. The number of phenolic OH excluding ortho intramolecular Hbond substituents is 1. The molecule has 0 fully saturated rings. The van der Waals surface area contributed by atoms with Crippen molar-refractivity contribution in [3.63, 3.8) is 0 Å². The number of aryl methyl sites for hydroxylation is 1. The molecule has 1 N–H and O–H groups in total. The van der Waals surface area contributed by atoms with E-state index in [-0.39, 0.29) is 5.75 Å². The highest BCUT2D eigenvalue weighted by molar-refractivity contribution is 7.13. The number of aromatic hydroxyl groups is 1. The number of hydrogen-bond donors (Lipinski definition) is 1. The van der Waals surface area contributed by atoms with Gasteiger partial charge in [0.05, 0.1) is 5.69 Å². The van der Waals surface area contributed by atoms with E-state index in [9.17, 15) is 9.90 Å². The Morgan fingerprint density at radius 3 is 2.94 bits per heavy atom. The molecule has 3 nitrogen and oxygen atoms in total. The van der Waals surface area contributed by atoms with E-state index in [1.54, 1.807) is 18.2 Å². The van der Waals surface area contributed by atoms with Gasteiger partial charge in [0.25, 0.3) is 0 Å². The average Bonchev–Trinajstić information content (AvgIpc) is 2.72. The summed E-state index contributed by atoms with van der Waals surface area (Å²) < 4.78 is 0. The number of carbonyl (C=O) groups excluding carboxylic acids is 1. The average molecular weight is 233 g/mol. The van der Waals surface area contributed by atoms with Crippen molar-refractivity contribution in [3.8, 4) is 17.0 Å². The van der Waals surface area contributed by atoms with E-state index in [0.717, 1.165) is 28.8 Å². The van der Waals surface area contributed by atoms with Crippen LogP contribution in [-0.2, 0) is 6.42 Å². The number of aromatic nitrogens is 1. The maximum Gasteiger partial charge on any atom is 0.178 e. The number of nitrogens with zero attached hydrogens (tertiary/aromatic N) is 1. The van der Waals surface area contributed by atoms with E-state index in [1.165, 1.54) is 11.3 Å². The first-order valence-corrected chi connectivity index (χ1v) is 5.80. The van der Waals surface area contributed by atoms with Crippen LogP contribution in [0.2, 0.25) is 0 Å². The lowest BCUT2D eigenvalue weighted by atomic mass is 10.1. The lowest BCUT2D eigenvalue weighted by Gasteiger charge is -2.00. The number of phenols is 1. The molecule has 0 radical (unpaired) electrons. The summed E-state index contributed by atoms with van der Waals surface area (Å²) in [7, 11) is 0. The number of aldehydes is 1. The third kappa shape index (κ3) is 1.97. The first-order valence-electron chi connectivity index (χ1n) is 4.99. The molecule has 4 heteroatoms. The molecule has 82 valence electrons. The fraction of sp³-hybridized carbons (Fsp3) is 0.167. The van der Waals surface area contributed by atoms with Crippen molar-refractivity contribution >= 4 is 17.6 Å². The van der Waals surface area contributed by atoms with Crippen molar-refractivity contribution in [2.45, 2.75) is 13.3 Å². The van der Waals surface area contributed by atoms with Crippen LogP contribution in [0.3, 0.4) is 0 Å². The van der Waals surface area contributed by atoms with E-state index in [2.05, 4.69) is 4.98 Å². The zero-order valence-corrected chi connectivity index (χ0v) is 9.62. The molecule has 1 aromatic carbocycles. The normalized spacial score (nSPS) is 10.3. The Morgan fingerprint density at radius 2 is 2.31 bits per heavy atom. The molecule has 1 heterocycles. The molecule has 1 aromatic heterocycles. The summed E-state index contributed by atoms with van der Waals surface area (Å²) in [5, 5.41) is 9.89. The maximum absolute atomic E-state index is 10.7.